The van der Waals surface area contributed by atoms with Crippen molar-refractivity contribution in [3.05, 3.63) is 54.6 Å². The van der Waals surface area contributed by atoms with Crippen LogP contribution >= 0.6 is 23.2 Å². The largest absolute Gasteiger partial charge is 0.494 e. The standard InChI is InChI=1S/C16H14Cl2N2O4/c1-8(21)13-14(22)19(7-9-2-3-9)16(24)20(15(13)23)12-5-10(17)4-11(18)6-12/h4-6,9,22H,2-3,7H2,1H3. The highest BCUT2D eigenvalue weighted by atomic mass is 35.5. The van der Waals surface area contributed by atoms with Crippen LogP contribution in [0.15, 0.2) is 27.8 Å². The molecule has 0 aliphatic heterocycles. The van der Waals surface area contributed by atoms with Gasteiger partial charge in [-0.05, 0) is 43.9 Å². The van der Waals surface area contributed by atoms with Crippen molar-refractivity contribution in [1.82, 2.24) is 9.13 Å². The van der Waals surface area contributed by atoms with Gasteiger partial charge in [0.15, 0.2) is 5.78 Å². The fraction of sp³-hybridized carbons (Fsp3) is 0.312. The molecule has 1 aliphatic carbocycles. The Labute approximate surface area is 146 Å². The predicted octanol–water partition coefficient (Wildman–Crippen LogP) is 2.62. The molecule has 0 spiro atoms. The highest BCUT2D eigenvalue weighted by Gasteiger charge is 2.28. The van der Waals surface area contributed by atoms with Gasteiger partial charge in [-0.1, -0.05) is 23.2 Å². The van der Waals surface area contributed by atoms with Crippen LogP contribution in [0.25, 0.3) is 5.69 Å². The third-order valence-corrected chi connectivity index (χ3v) is 4.35. The Morgan fingerprint density at radius 2 is 1.79 bits per heavy atom. The number of benzene rings is 1. The molecule has 3 rings (SSSR count). The fourth-order valence-electron chi connectivity index (χ4n) is 2.57. The second-order valence-electron chi connectivity index (χ2n) is 5.86. The van der Waals surface area contributed by atoms with Crippen LogP contribution in [0.5, 0.6) is 5.88 Å². The normalized spacial score (nSPS) is 14.0. The van der Waals surface area contributed by atoms with Gasteiger partial charge in [-0.3, -0.25) is 14.2 Å². The minimum absolute atomic E-state index is 0.148. The van der Waals surface area contributed by atoms with E-state index in [1.54, 1.807) is 0 Å². The van der Waals surface area contributed by atoms with E-state index in [1.807, 2.05) is 0 Å². The molecule has 0 bridgehead atoms. The SMILES string of the molecule is CC(=O)c1c(O)n(CC2CC2)c(=O)n(-c2cc(Cl)cc(Cl)c2)c1=O. The first-order valence-corrected chi connectivity index (χ1v) is 8.11. The Bertz CT molecular complexity index is 938. The lowest BCUT2D eigenvalue weighted by Gasteiger charge is -2.15. The fourth-order valence-corrected chi connectivity index (χ4v) is 3.08. The molecule has 6 nitrogen and oxygen atoms in total. The summed E-state index contributed by atoms with van der Waals surface area (Å²) >= 11 is 11.9. The predicted molar refractivity (Wildman–Crippen MR) is 90.7 cm³/mol. The van der Waals surface area contributed by atoms with Gasteiger partial charge in [0.1, 0.15) is 5.56 Å². The summed E-state index contributed by atoms with van der Waals surface area (Å²) in [4.78, 5) is 37.2. The molecular formula is C16H14Cl2N2O4. The lowest BCUT2D eigenvalue weighted by molar-refractivity contribution is 0.101. The summed E-state index contributed by atoms with van der Waals surface area (Å²) in [7, 11) is 0. The second-order valence-corrected chi connectivity index (χ2v) is 6.73. The van der Waals surface area contributed by atoms with Gasteiger partial charge < -0.3 is 5.11 Å². The highest BCUT2D eigenvalue weighted by molar-refractivity contribution is 6.34. The minimum Gasteiger partial charge on any atom is -0.494 e. The Hall–Kier alpha value is -2.05. The lowest BCUT2D eigenvalue weighted by atomic mass is 10.2. The van der Waals surface area contributed by atoms with Crippen LogP contribution in [0.4, 0.5) is 0 Å². The first-order valence-electron chi connectivity index (χ1n) is 7.36. The summed E-state index contributed by atoms with van der Waals surface area (Å²) in [6, 6.07) is 4.27. The van der Waals surface area contributed by atoms with Gasteiger partial charge in [0.25, 0.3) is 5.56 Å². The van der Waals surface area contributed by atoms with Gasteiger partial charge >= 0.3 is 5.69 Å². The quantitative estimate of drug-likeness (QED) is 0.841. The van der Waals surface area contributed by atoms with Gasteiger partial charge in [-0.25, -0.2) is 9.36 Å². The highest BCUT2D eigenvalue weighted by Crippen LogP contribution is 2.31. The molecule has 1 heterocycles. The molecule has 0 saturated heterocycles. The minimum atomic E-state index is -0.893. The van der Waals surface area contributed by atoms with Crippen molar-refractivity contribution in [3.63, 3.8) is 0 Å². The van der Waals surface area contributed by atoms with Crippen LogP contribution in [0.3, 0.4) is 0 Å². The number of nitrogens with zero attached hydrogens (tertiary/aromatic N) is 2. The molecular weight excluding hydrogens is 355 g/mol. The molecule has 24 heavy (non-hydrogen) atoms. The number of carbonyl (C=O) groups is 1. The van der Waals surface area contributed by atoms with Crippen molar-refractivity contribution in [3.8, 4) is 11.6 Å². The van der Waals surface area contributed by atoms with E-state index in [4.69, 9.17) is 23.2 Å². The Morgan fingerprint density at radius 1 is 1.21 bits per heavy atom. The smallest absolute Gasteiger partial charge is 0.338 e. The Morgan fingerprint density at radius 3 is 2.29 bits per heavy atom. The number of rotatable bonds is 4. The van der Waals surface area contributed by atoms with E-state index in [2.05, 4.69) is 0 Å². The lowest BCUT2D eigenvalue weighted by Crippen LogP contribution is -2.41. The van der Waals surface area contributed by atoms with E-state index in [9.17, 15) is 19.5 Å². The van der Waals surface area contributed by atoms with Gasteiger partial charge in [0, 0.05) is 16.6 Å². The average Bonchev–Trinajstić information content (AvgIpc) is 3.26. The molecule has 1 aliphatic rings. The van der Waals surface area contributed by atoms with Gasteiger partial charge in [-0.2, -0.15) is 0 Å². The third kappa shape index (κ3) is 2.99. The van der Waals surface area contributed by atoms with Crippen LogP contribution in [0.2, 0.25) is 10.0 Å². The number of aromatic nitrogens is 2. The van der Waals surface area contributed by atoms with E-state index in [0.717, 1.165) is 28.9 Å². The number of Topliss-reactive ketones (excluding diaryl/α,β-unsaturated/α-hetero) is 1. The van der Waals surface area contributed by atoms with E-state index < -0.39 is 28.5 Å². The molecule has 8 heteroatoms. The van der Waals surface area contributed by atoms with Crippen LogP contribution < -0.4 is 11.2 Å². The van der Waals surface area contributed by atoms with Crippen molar-refractivity contribution < 1.29 is 9.90 Å². The molecule has 1 aromatic carbocycles. The topological polar surface area (TPSA) is 81.3 Å². The van der Waals surface area contributed by atoms with Crippen LogP contribution in [0.1, 0.15) is 30.1 Å². The molecule has 2 aromatic rings. The summed E-state index contributed by atoms with van der Waals surface area (Å²) in [5, 5.41) is 10.7. The first-order chi connectivity index (χ1) is 11.3. The number of halogens is 2. The number of hydrogen-bond donors (Lipinski definition) is 1. The molecule has 0 unspecified atom stereocenters. The molecule has 1 saturated carbocycles. The number of aromatic hydroxyl groups is 1. The van der Waals surface area contributed by atoms with Crippen molar-refractivity contribution in [2.75, 3.05) is 0 Å². The van der Waals surface area contributed by atoms with Crippen molar-refractivity contribution in [2.24, 2.45) is 5.92 Å². The summed E-state index contributed by atoms with van der Waals surface area (Å²) < 4.78 is 1.88. The van der Waals surface area contributed by atoms with Crippen molar-refractivity contribution in [1.29, 1.82) is 0 Å². The average molecular weight is 369 g/mol. The van der Waals surface area contributed by atoms with E-state index in [-0.39, 0.29) is 28.2 Å². The maximum atomic E-state index is 12.7. The molecule has 0 radical (unpaired) electrons. The Balaban J connectivity index is 2.35. The maximum Gasteiger partial charge on any atom is 0.338 e. The van der Waals surface area contributed by atoms with Gasteiger partial charge in [0.2, 0.25) is 5.88 Å². The molecule has 1 fully saturated rings. The molecule has 1 N–H and O–H groups in total. The number of hydrogen-bond acceptors (Lipinski definition) is 4. The molecule has 1 aromatic heterocycles. The zero-order chi connectivity index (χ0) is 17.6. The number of carbonyl (C=O) groups excluding carboxylic acids is 1. The summed E-state index contributed by atoms with van der Waals surface area (Å²) in [5.41, 5.74) is -1.90. The van der Waals surface area contributed by atoms with E-state index >= 15 is 0 Å². The van der Waals surface area contributed by atoms with Crippen molar-refractivity contribution in [2.45, 2.75) is 26.3 Å². The Kier molecular flexibility index (Phi) is 4.27. The summed E-state index contributed by atoms with van der Waals surface area (Å²) in [6.07, 6.45) is 1.87. The van der Waals surface area contributed by atoms with Gasteiger partial charge in [0.05, 0.1) is 5.69 Å². The first kappa shape index (κ1) is 16.8. The third-order valence-electron chi connectivity index (χ3n) is 3.91. The van der Waals surface area contributed by atoms with Crippen LogP contribution in [0, 0.1) is 5.92 Å². The number of ketones is 1. The second kappa shape index (κ2) is 6.11. The molecule has 126 valence electrons. The van der Waals surface area contributed by atoms with E-state index in [1.165, 1.54) is 18.2 Å². The zero-order valence-electron chi connectivity index (χ0n) is 12.8. The van der Waals surface area contributed by atoms with Crippen molar-refractivity contribution >= 4 is 29.0 Å². The summed E-state index contributed by atoms with van der Waals surface area (Å²) in [6.45, 7) is 1.41. The summed E-state index contributed by atoms with van der Waals surface area (Å²) in [5.74, 6) is -0.958. The zero-order valence-corrected chi connectivity index (χ0v) is 14.3. The van der Waals surface area contributed by atoms with Crippen LogP contribution in [-0.2, 0) is 6.54 Å². The molecule has 0 atom stereocenters. The monoisotopic (exact) mass is 368 g/mol. The van der Waals surface area contributed by atoms with E-state index in [0.29, 0.717) is 0 Å². The maximum absolute atomic E-state index is 12.7. The van der Waals surface area contributed by atoms with Crippen LogP contribution in [-0.4, -0.2) is 20.0 Å². The molecule has 0 amide bonds. The van der Waals surface area contributed by atoms with Gasteiger partial charge in [-0.15, -0.1) is 0 Å².